The van der Waals surface area contributed by atoms with Crippen LogP contribution in [-0.4, -0.2) is 14.2 Å². The molecule has 1 aliphatic heterocycles. The lowest BCUT2D eigenvalue weighted by Crippen LogP contribution is -2.20. The van der Waals surface area contributed by atoms with Crippen LogP contribution in [-0.2, 0) is 10.8 Å². The van der Waals surface area contributed by atoms with Crippen molar-refractivity contribution in [3.8, 4) is 51.0 Å². The van der Waals surface area contributed by atoms with Gasteiger partial charge < -0.3 is 23.0 Å². The van der Waals surface area contributed by atoms with E-state index in [0.29, 0.717) is 23.0 Å². The maximum absolute atomic E-state index is 7.07. The Labute approximate surface area is 266 Å². The van der Waals surface area contributed by atoms with E-state index in [1.165, 1.54) is 0 Å². The molecule has 4 aromatic rings. The molecular formula is C34H36Cl2O5P2. The summed E-state index contributed by atoms with van der Waals surface area (Å²) in [5.74, 6) is 3.38. The Hall–Kier alpha value is -2.68. The minimum Gasteiger partial charge on any atom is -0.497 e. The van der Waals surface area contributed by atoms with Crippen LogP contribution >= 0.6 is 37.7 Å². The van der Waals surface area contributed by atoms with Crippen molar-refractivity contribution in [1.82, 2.24) is 0 Å². The molecule has 5 rings (SSSR count). The van der Waals surface area contributed by atoms with Gasteiger partial charge in [-0.1, -0.05) is 77.9 Å². The van der Waals surface area contributed by atoms with Gasteiger partial charge in [0.15, 0.2) is 0 Å². The highest BCUT2D eigenvalue weighted by molar-refractivity contribution is 8.00. The number of benzene rings is 4. The second-order valence-electron chi connectivity index (χ2n) is 12.3. The Kier molecular flexibility index (Phi) is 9.13. The predicted octanol–water partition coefficient (Wildman–Crippen LogP) is 11.1. The van der Waals surface area contributed by atoms with Gasteiger partial charge in [-0.15, -0.1) is 0 Å². The molecule has 9 heteroatoms. The highest BCUT2D eigenvalue weighted by Crippen LogP contribution is 2.58. The third-order valence-electron chi connectivity index (χ3n) is 7.30. The fourth-order valence-electron chi connectivity index (χ4n) is 5.14. The van der Waals surface area contributed by atoms with E-state index >= 15 is 0 Å². The number of hydrogen-bond acceptors (Lipinski definition) is 5. The lowest BCUT2D eigenvalue weighted by molar-refractivity contribution is 0.409. The van der Waals surface area contributed by atoms with Gasteiger partial charge in [-0.2, -0.15) is 0 Å². The van der Waals surface area contributed by atoms with Crippen LogP contribution < -0.4 is 28.3 Å². The van der Waals surface area contributed by atoms with Gasteiger partial charge in [-0.3, -0.25) is 0 Å². The topological polar surface area (TPSA) is 46.2 Å². The predicted molar refractivity (Wildman–Crippen MR) is 181 cm³/mol. The van der Waals surface area contributed by atoms with Crippen molar-refractivity contribution in [3.05, 3.63) is 83.9 Å². The fourth-order valence-corrected chi connectivity index (χ4v) is 7.42. The van der Waals surface area contributed by atoms with Gasteiger partial charge in [-0.05, 0) is 75.3 Å². The van der Waals surface area contributed by atoms with Gasteiger partial charge in [-0.25, -0.2) is 0 Å². The molecule has 1 heterocycles. The summed E-state index contributed by atoms with van der Waals surface area (Å²) >= 11 is 12.7. The Morgan fingerprint density at radius 2 is 1.16 bits per heavy atom. The van der Waals surface area contributed by atoms with Crippen LogP contribution in [0.15, 0.2) is 72.8 Å². The zero-order valence-electron chi connectivity index (χ0n) is 25.6. The van der Waals surface area contributed by atoms with Crippen molar-refractivity contribution in [2.24, 2.45) is 0 Å². The number of methoxy groups -OCH3 is 2. The summed E-state index contributed by atoms with van der Waals surface area (Å²) in [7, 11) is 1.75. The minimum atomic E-state index is -1.78. The molecule has 0 amide bonds. The molecule has 1 atom stereocenters. The summed E-state index contributed by atoms with van der Waals surface area (Å²) in [5, 5.41) is 1.00. The number of hydrogen-bond donors (Lipinski definition) is 0. The van der Waals surface area contributed by atoms with E-state index in [4.69, 9.17) is 45.5 Å². The van der Waals surface area contributed by atoms with Crippen molar-refractivity contribution in [2.75, 3.05) is 14.2 Å². The largest absolute Gasteiger partial charge is 0.497 e. The number of ether oxygens (including phenoxy) is 2. The molecule has 0 spiro atoms. The molecule has 0 saturated heterocycles. The zero-order valence-corrected chi connectivity index (χ0v) is 28.9. The van der Waals surface area contributed by atoms with Crippen molar-refractivity contribution < 1.29 is 23.0 Å². The van der Waals surface area contributed by atoms with E-state index in [2.05, 4.69) is 59.7 Å². The lowest BCUT2D eigenvalue weighted by atomic mass is 9.81. The first-order valence-corrected chi connectivity index (χ1v) is 18.2. The van der Waals surface area contributed by atoms with E-state index in [-0.39, 0.29) is 10.8 Å². The van der Waals surface area contributed by atoms with E-state index in [1.54, 1.807) is 14.2 Å². The van der Waals surface area contributed by atoms with E-state index < -0.39 is 15.2 Å². The van der Waals surface area contributed by atoms with Crippen LogP contribution in [0.3, 0.4) is 0 Å². The average molecular weight is 658 g/mol. The first-order chi connectivity index (χ1) is 20.3. The zero-order chi connectivity index (χ0) is 31.1. The van der Waals surface area contributed by atoms with E-state index in [1.807, 2.05) is 54.6 Å². The highest BCUT2D eigenvalue weighted by Gasteiger charge is 2.34. The van der Waals surface area contributed by atoms with Crippen LogP contribution in [0.1, 0.15) is 52.7 Å². The van der Waals surface area contributed by atoms with Crippen LogP contribution in [0.5, 0.6) is 28.7 Å². The maximum atomic E-state index is 7.07. The molecule has 4 aromatic carbocycles. The highest BCUT2D eigenvalue weighted by atomic mass is 35.9. The number of para-hydroxylation sites is 1. The summed E-state index contributed by atoms with van der Waals surface area (Å²) in [6, 6.07) is 24.2. The van der Waals surface area contributed by atoms with Gasteiger partial charge in [0.1, 0.15) is 28.7 Å². The smallest absolute Gasteiger partial charge is 0.326 e. The van der Waals surface area contributed by atoms with Crippen molar-refractivity contribution in [2.45, 2.75) is 52.4 Å². The van der Waals surface area contributed by atoms with Crippen LogP contribution in [0.25, 0.3) is 22.3 Å². The van der Waals surface area contributed by atoms with E-state index in [0.717, 1.165) is 44.4 Å². The Morgan fingerprint density at radius 1 is 0.651 bits per heavy atom. The third kappa shape index (κ3) is 6.57. The van der Waals surface area contributed by atoms with Gasteiger partial charge in [0, 0.05) is 27.8 Å². The van der Waals surface area contributed by atoms with Crippen LogP contribution in [0, 0.1) is 0 Å². The molecule has 43 heavy (non-hydrogen) atoms. The Bertz CT molecular complexity index is 1640. The van der Waals surface area contributed by atoms with Crippen molar-refractivity contribution in [3.63, 3.8) is 0 Å². The lowest BCUT2D eigenvalue weighted by Gasteiger charge is -2.32. The molecule has 0 fully saturated rings. The molecule has 0 radical (unpaired) electrons. The maximum Gasteiger partial charge on any atom is 0.326 e. The van der Waals surface area contributed by atoms with Gasteiger partial charge in [0.05, 0.1) is 19.5 Å². The summed E-state index contributed by atoms with van der Waals surface area (Å²) in [5.41, 5.74) is 4.86. The second kappa shape index (κ2) is 12.4. The number of rotatable bonds is 7. The van der Waals surface area contributed by atoms with Gasteiger partial charge >= 0.3 is 8.38 Å². The molecule has 0 aliphatic carbocycles. The number of halogens is 2. The van der Waals surface area contributed by atoms with Gasteiger partial charge in [0.2, 0.25) is 0 Å². The molecular weight excluding hydrogens is 621 g/mol. The van der Waals surface area contributed by atoms with E-state index in [9.17, 15) is 0 Å². The number of fused-ring (bicyclic) bond motifs is 3. The summed E-state index contributed by atoms with van der Waals surface area (Å²) in [6.45, 7) is 11.0. The van der Waals surface area contributed by atoms with Crippen LogP contribution in [0.2, 0.25) is 0 Å². The fraction of sp³-hybridized carbons (Fsp3) is 0.294. The molecule has 5 nitrogen and oxygen atoms in total. The first kappa shape index (κ1) is 31.7. The molecule has 226 valence electrons. The SMILES string of the molecule is COc1cc(-c2cc(OC)cc(C(C)(C)C)c2OP2Oc3ccccc3-c3ccccc32)c(OP(Cl)Cl)c(C(C)(C)C)c1. The van der Waals surface area contributed by atoms with Crippen LogP contribution in [0.4, 0.5) is 0 Å². The first-order valence-electron chi connectivity index (χ1n) is 13.9. The second-order valence-corrected chi connectivity index (χ2v) is 16.7. The summed E-state index contributed by atoms with van der Waals surface area (Å²) in [4.78, 5) is 0. The van der Waals surface area contributed by atoms with Crippen molar-refractivity contribution >= 4 is 43.0 Å². The van der Waals surface area contributed by atoms with Crippen molar-refractivity contribution in [1.29, 1.82) is 0 Å². The molecule has 0 bridgehead atoms. The molecule has 1 unspecified atom stereocenters. The third-order valence-corrected chi connectivity index (χ3v) is 9.53. The summed E-state index contributed by atoms with van der Waals surface area (Å²) < 4.78 is 31.5. The monoisotopic (exact) mass is 656 g/mol. The Morgan fingerprint density at radius 3 is 1.72 bits per heavy atom. The molecule has 0 saturated carbocycles. The average Bonchev–Trinajstić information content (AvgIpc) is 2.96. The normalized spacial score (nSPS) is 14.4. The molecule has 0 aromatic heterocycles. The standard InChI is InChI=1S/C34H36Cl2O5P2/c1-33(2,3)27-19-21(37-7)17-25(26-18-22(38-8)20-28(34(4,5)6)32(26)41-43(35)36)31(27)40-42-30-16-12-10-14-24(30)23-13-9-11-15-29(23)39-42/h9-20H,1-8H3. The molecule has 1 aliphatic rings. The minimum absolute atomic E-state index is 0.316. The summed E-state index contributed by atoms with van der Waals surface area (Å²) in [6.07, 6.45) is 0. The molecule has 0 N–H and O–H groups in total. The Balaban J connectivity index is 1.81. The van der Waals surface area contributed by atoms with Gasteiger partial charge in [0.25, 0.3) is 6.85 Å². The quantitative estimate of drug-likeness (QED) is 0.185.